The molecule has 0 unspecified atom stereocenters. The highest BCUT2D eigenvalue weighted by Crippen LogP contribution is 2.21. The average Bonchev–Trinajstić information content (AvgIpc) is 2.52. The fourth-order valence-electron chi connectivity index (χ4n) is 1.86. The van der Waals surface area contributed by atoms with E-state index in [1.165, 1.54) is 7.11 Å². The van der Waals surface area contributed by atoms with Gasteiger partial charge >= 0.3 is 5.97 Å². The van der Waals surface area contributed by atoms with Gasteiger partial charge in [-0.3, -0.25) is 0 Å². The second-order valence-corrected chi connectivity index (χ2v) is 4.30. The van der Waals surface area contributed by atoms with Gasteiger partial charge in [-0.1, -0.05) is 12.1 Å². The lowest BCUT2D eigenvalue weighted by molar-refractivity contribution is 0.0471. The molecule has 2 aromatic carbocycles. The van der Waals surface area contributed by atoms with Crippen LogP contribution in [0, 0.1) is 11.3 Å². The van der Waals surface area contributed by atoms with Gasteiger partial charge in [0.25, 0.3) is 0 Å². The molecule has 0 fully saturated rings. The molecule has 0 amide bonds. The monoisotopic (exact) mass is 282 g/mol. The molecule has 2 rings (SSSR count). The van der Waals surface area contributed by atoms with Crippen molar-refractivity contribution in [3.8, 4) is 11.8 Å². The summed E-state index contributed by atoms with van der Waals surface area (Å²) >= 11 is 0. The second kappa shape index (κ2) is 6.44. The predicted octanol–water partition coefficient (Wildman–Crippen LogP) is 2.51. The Morgan fingerprint density at radius 1 is 1.29 bits per heavy atom. The number of rotatable bonds is 4. The molecule has 0 aromatic heterocycles. The molecule has 0 spiro atoms. The Morgan fingerprint density at radius 2 is 2.05 bits per heavy atom. The summed E-state index contributed by atoms with van der Waals surface area (Å²) in [5, 5.41) is 8.90. The fraction of sp³-hybridized carbons (Fsp3) is 0.125. The van der Waals surface area contributed by atoms with Crippen molar-refractivity contribution in [2.45, 2.75) is 6.61 Å². The van der Waals surface area contributed by atoms with Crippen molar-refractivity contribution in [3.63, 3.8) is 0 Å². The van der Waals surface area contributed by atoms with E-state index in [9.17, 15) is 4.79 Å². The van der Waals surface area contributed by atoms with E-state index >= 15 is 0 Å². The SMILES string of the molecule is COc1ccc(C#N)cc1COC(=O)c1ccccc1N. The van der Waals surface area contributed by atoms with Crippen molar-refractivity contribution >= 4 is 11.7 Å². The molecule has 0 aliphatic heterocycles. The van der Waals surface area contributed by atoms with Crippen LogP contribution in [-0.4, -0.2) is 13.1 Å². The van der Waals surface area contributed by atoms with E-state index in [0.717, 1.165) is 0 Å². The number of hydrogen-bond acceptors (Lipinski definition) is 5. The quantitative estimate of drug-likeness (QED) is 0.688. The molecule has 0 aliphatic rings. The number of esters is 1. The van der Waals surface area contributed by atoms with Crippen LogP contribution in [0.3, 0.4) is 0 Å². The first-order valence-electron chi connectivity index (χ1n) is 6.24. The zero-order valence-electron chi connectivity index (χ0n) is 11.5. The molecule has 106 valence electrons. The number of benzene rings is 2. The Hall–Kier alpha value is -3.00. The zero-order chi connectivity index (χ0) is 15.2. The number of carbonyl (C=O) groups excluding carboxylic acids is 1. The Morgan fingerprint density at radius 3 is 2.71 bits per heavy atom. The number of methoxy groups -OCH3 is 1. The summed E-state index contributed by atoms with van der Waals surface area (Å²) in [4.78, 5) is 12.0. The Bertz CT molecular complexity index is 705. The number of hydrogen-bond donors (Lipinski definition) is 1. The third-order valence-corrected chi connectivity index (χ3v) is 2.95. The standard InChI is InChI=1S/C16H14N2O3/c1-20-15-7-6-11(9-17)8-12(15)10-21-16(19)13-4-2-3-5-14(13)18/h2-8H,10,18H2,1H3. The molecule has 2 N–H and O–H groups in total. The summed E-state index contributed by atoms with van der Waals surface area (Å²) in [5.74, 6) is 0.0420. The van der Waals surface area contributed by atoms with Gasteiger partial charge in [0.1, 0.15) is 12.4 Å². The molecular formula is C16H14N2O3. The van der Waals surface area contributed by atoms with Gasteiger partial charge in [-0.15, -0.1) is 0 Å². The van der Waals surface area contributed by atoms with Crippen molar-refractivity contribution in [1.82, 2.24) is 0 Å². The largest absolute Gasteiger partial charge is 0.496 e. The highest BCUT2D eigenvalue weighted by Gasteiger charge is 2.12. The summed E-state index contributed by atoms with van der Waals surface area (Å²) in [7, 11) is 1.52. The second-order valence-electron chi connectivity index (χ2n) is 4.30. The number of carbonyl (C=O) groups is 1. The van der Waals surface area contributed by atoms with Crippen LogP contribution in [-0.2, 0) is 11.3 Å². The fourth-order valence-corrected chi connectivity index (χ4v) is 1.86. The summed E-state index contributed by atoms with van der Waals surface area (Å²) < 4.78 is 10.4. The van der Waals surface area contributed by atoms with Crippen molar-refractivity contribution in [2.75, 3.05) is 12.8 Å². The number of anilines is 1. The highest BCUT2D eigenvalue weighted by molar-refractivity contribution is 5.94. The lowest BCUT2D eigenvalue weighted by Gasteiger charge is -2.10. The van der Waals surface area contributed by atoms with Gasteiger partial charge in [0.05, 0.1) is 24.3 Å². The van der Waals surface area contributed by atoms with Crippen molar-refractivity contribution in [2.24, 2.45) is 0 Å². The Labute approximate surface area is 122 Å². The number of nitriles is 1. The van der Waals surface area contributed by atoms with E-state index in [4.69, 9.17) is 20.5 Å². The minimum absolute atomic E-state index is 0.00581. The van der Waals surface area contributed by atoms with Crippen LogP contribution in [0.5, 0.6) is 5.75 Å². The lowest BCUT2D eigenvalue weighted by atomic mass is 10.1. The average molecular weight is 282 g/mol. The molecule has 0 heterocycles. The molecule has 0 saturated carbocycles. The first-order valence-corrected chi connectivity index (χ1v) is 6.24. The van der Waals surface area contributed by atoms with Crippen LogP contribution in [0.25, 0.3) is 0 Å². The van der Waals surface area contributed by atoms with Gasteiger partial charge in [-0.2, -0.15) is 5.26 Å². The lowest BCUT2D eigenvalue weighted by Crippen LogP contribution is -2.08. The number of para-hydroxylation sites is 1. The minimum atomic E-state index is -0.516. The predicted molar refractivity (Wildman–Crippen MR) is 77.7 cm³/mol. The van der Waals surface area contributed by atoms with Crippen molar-refractivity contribution < 1.29 is 14.3 Å². The van der Waals surface area contributed by atoms with E-state index in [-0.39, 0.29) is 6.61 Å². The van der Waals surface area contributed by atoms with Crippen LogP contribution in [0.15, 0.2) is 42.5 Å². The van der Waals surface area contributed by atoms with Gasteiger partial charge in [0.2, 0.25) is 0 Å². The first-order chi connectivity index (χ1) is 10.2. The van der Waals surface area contributed by atoms with Crippen LogP contribution in [0.1, 0.15) is 21.5 Å². The van der Waals surface area contributed by atoms with Gasteiger partial charge in [0.15, 0.2) is 0 Å². The molecule has 2 aromatic rings. The molecule has 0 radical (unpaired) electrons. The maximum Gasteiger partial charge on any atom is 0.340 e. The van der Waals surface area contributed by atoms with Crippen LogP contribution >= 0.6 is 0 Å². The van der Waals surface area contributed by atoms with Gasteiger partial charge in [0, 0.05) is 11.3 Å². The topological polar surface area (TPSA) is 85.3 Å². The molecule has 5 nitrogen and oxygen atoms in total. The number of nitrogens with two attached hydrogens (primary N) is 1. The van der Waals surface area contributed by atoms with E-state index < -0.39 is 5.97 Å². The van der Waals surface area contributed by atoms with Crippen LogP contribution in [0.2, 0.25) is 0 Å². The Balaban J connectivity index is 2.15. The van der Waals surface area contributed by atoms with E-state index in [1.807, 2.05) is 6.07 Å². The summed E-state index contributed by atoms with van der Waals surface area (Å²) in [6.07, 6.45) is 0. The Kier molecular flexibility index (Phi) is 4.42. The molecule has 0 bridgehead atoms. The summed E-state index contributed by atoms with van der Waals surface area (Å²) in [6, 6.07) is 13.6. The molecule has 0 saturated heterocycles. The molecule has 0 aliphatic carbocycles. The normalized spacial score (nSPS) is 9.71. The van der Waals surface area contributed by atoms with Gasteiger partial charge in [-0.05, 0) is 30.3 Å². The number of nitrogen functional groups attached to an aromatic ring is 1. The number of ether oxygens (including phenoxy) is 2. The zero-order valence-corrected chi connectivity index (χ0v) is 11.5. The van der Waals surface area contributed by atoms with Gasteiger partial charge in [-0.25, -0.2) is 4.79 Å². The summed E-state index contributed by atoms with van der Waals surface area (Å²) in [5.41, 5.74) is 7.50. The van der Waals surface area contributed by atoms with E-state index in [0.29, 0.717) is 28.1 Å². The van der Waals surface area contributed by atoms with E-state index in [2.05, 4.69) is 0 Å². The van der Waals surface area contributed by atoms with Crippen molar-refractivity contribution in [1.29, 1.82) is 5.26 Å². The molecule has 21 heavy (non-hydrogen) atoms. The molecule has 5 heteroatoms. The van der Waals surface area contributed by atoms with E-state index in [1.54, 1.807) is 42.5 Å². The van der Waals surface area contributed by atoms with Crippen LogP contribution < -0.4 is 10.5 Å². The first kappa shape index (κ1) is 14.4. The van der Waals surface area contributed by atoms with Crippen molar-refractivity contribution in [3.05, 3.63) is 59.2 Å². The summed E-state index contributed by atoms with van der Waals surface area (Å²) in [6.45, 7) is 0.00581. The maximum atomic E-state index is 12.0. The molecule has 0 atom stereocenters. The maximum absolute atomic E-state index is 12.0. The van der Waals surface area contributed by atoms with Crippen LogP contribution in [0.4, 0.5) is 5.69 Å². The number of nitrogens with zero attached hydrogens (tertiary/aromatic N) is 1. The molecular weight excluding hydrogens is 268 g/mol. The third-order valence-electron chi connectivity index (χ3n) is 2.95. The minimum Gasteiger partial charge on any atom is -0.496 e. The third kappa shape index (κ3) is 3.31. The highest BCUT2D eigenvalue weighted by atomic mass is 16.5. The smallest absolute Gasteiger partial charge is 0.340 e. The van der Waals surface area contributed by atoms with Gasteiger partial charge < -0.3 is 15.2 Å².